The van der Waals surface area contributed by atoms with Crippen molar-refractivity contribution < 1.29 is 9.53 Å². The molecule has 2 aromatic heterocycles. The average Bonchev–Trinajstić information content (AvgIpc) is 2.96. The highest BCUT2D eigenvalue weighted by atomic mass is 16.5. The summed E-state index contributed by atoms with van der Waals surface area (Å²) in [6.45, 7) is 0.805. The van der Waals surface area contributed by atoms with Gasteiger partial charge >= 0.3 is 0 Å². The molecule has 0 N–H and O–H groups in total. The number of nitrogens with zero attached hydrogens (tertiary/aromatic N) is 2. The zero-order chi connectivity index (χ0) is 11.0. The van der Waals surface area contributed by atoms with Gasteiger partial charge < -0.3 is 9.14 Å². The molecule has 3 rings (SSSR count). The Hall–Kier alpha value is -1.68. The third-order valence-electron chi connectivity index (χ3n) is 2.92. The predicted molar refractivity (Wildman–Crippen MR) is 58.5 cm³/mol. The first-order valence-corrected chi connectivity index (χ1v) is 5.43. The van der Waals surface area contributed by atoms with Crippen LogP contribution in [0.3, 0.4) is 0 Å². The zero-order valence-corrected chi connectivity index (χ0v) is 8.80. The summed E-state index contributed by atoms with van der Waals surface area (Å²) >= 11 is 0. The van der Waals surface area contributed by atoms with E-state index in [0.29, 0.717) is 11.2 Å². The van der Waals surface area contributed by atoms with Gasteiger partial charge in [0.05, 0.1) is 11.3 Å². The van der Waals surface area contributed by atoms with Gasteiger partial charge in [0.1, 0.15) is 11.8 Å². The molecule has 82 valence electrons. The number of imidazole rings is 1. The Morgan fingerprint density at radius 2 is 2.50 bits per heavy atom. The zero-order valence-electron chi connectivity index (χ0n) is 8.80. The van der Waals surface area contributed by atoms with Crippen LogP contribution in [0.15, 0.2) is 24.5 Å². The number of ether oxygens (including phenoxy) is 1. The van der Waals surface area contributed by atoms with Crippen molar-refractivity contribution in [2.75, 3.05) is 6.61 Å². The molecule has 3 heterocycles. The minimum Gasteiger partial charge on any atom is -0.372 e. The van der Waals surface area contributed by atoms with Crippen molar-refractivity contribution in [3.63, 3.8) is 0 Å². The summed E-state index contributed by atoms with van der Waals surface area (Å²) in [5, 5.41) is 0. The monoisotopic (exact) mass is 216 g/mol. The third kappa shape index (κ3) is 1.42. The molecule has 0 aromatic carbocycles. The summed E-state index contributed by atoms with van der Waals surface area (Å²) in [6.07, 6.45) is 6.87. The van der Waals surface area contributed by atoms with Gasteiger partial charge in [-0.25, -0.2) is 4.98 Å². The molecule has 4 nitrogen and oxygen atoms in total. The molecule has 1 fully saturated rings. The summed E-state index contributed by atoms with van der Waals surface area (Å²) < 4.78 is 7.45. The van der Waals surface area contributed by atoms with Gasteiger partial charge in [-0.2, -0.15) is 0 Å². The number of aldehydes is 1. The fourth-order valence-corrected chi connectivity index (χ4v) is 2.11. The number of aromatic nitrogens is 2. The maximum absolute atomic E-state index is 10.9. The van der Waals surface area contributed by atoms with Gasteiger partial charge in [0.15, 0.2) is 6.29 Å². The van der Waals surface area contributed by atoms with Gasteiger partial charge in [-0.1, -0.05) is 0 Å². The number of fused-ring (bicyclic) bond motifs is 1. The summed E-state index contributed by atoms with van der Waals surface area (Å²) in [6, 6.07) is 3.62. The summed E-state index contributed by atoms with van der Waals surface area (Å²) in [5.74, 6) is 0. The van der Waals surface area contributed by atoms with Crippen LogP contribution in [0.1, 0.15) is 35.0 Å². The average molecular weight is 216 g/mol. The number of rotatable bonds is 2. The van der Waals surface area contributed by atoms with Crippen LogP contribution in [0.2, 0.25) is 0 Å². The Labute approximate surface area is 92.9 Å². The minimum absolute atomic E-state index is 0.0967. The van der Waals surface area contributed by atoms with Gasteiger partial charge in [0.2, 0.25) is 0 Å². The lowest BCUT2D eigenvalue weighted by molar-refractivity contribution is 0.109. The van der Waals surface area contributed by atoms with Gasteiger partial charge in [0, 0.05) is 19.0 Å². The second-order valence-electron chi connectivity index (χ2n) is 3.98. The second-order valence-corrected chi connectivity index (χ2v) is 3.98. The lowest BCUT2D eigenvalue weighted by atomic mass is 10.2. The first kappa shape index (κ1) is 9.54. The standard InChI is InChI=1S/C12H12N2O2/c15-8-9-3-1-5-14-7-10(13-12(9)14)11-4-2-6-16-11/h1,3,5,7-8,11H,2,4,6H2. The van der Waals surface area contributed by atoms with E-state index >= 15 is 0 Å². The van der Waals surface area contributed by atoms with Gasteiger partial charge in [-0.15, -0.1) is 0 Å². The lowest BCUT2D eigenvalue weighted by Gasteiger charge is -2.03. The SMILES string of the molecule is O=Cc1cccn2cc(C3CCCO3)nc12. The summed E-state index contributed by atoms with van der Waals surface area (Å²) in [7, 11) is 0. The molecule has 1 aliphatic heterocycles. The van der Waals surface area contributed by atoms with Crippen LogP contribution in [0.25, 0.3) is 5.65 Å². The molecule has 4 heteroatoms. The molecule has 0 bridgehead atoms. The van der Waals surface area contributed by atoms with Crippen molar-refractivity contribution in [1.82, 2.24) is 9.38 Å². The van der Waals surface area contributed by atoms with Crippen LogP contribution < -0.4 is 0 Å². The topological polar surface area (TPSA) is 43.6 Å². The van der Waals surface area contributed by atoms with E-state index in [1.807, 2.05) is 22.9 Å². The van der Waals surface area contributed by atoms with E-state index in [1.165, 1.54) is 0 Å². The molecule has 0 aliphatic carbocycles. The van der Waals surface area contributed by atoms with Crippen molar-refractivity contribution in [1.29, 1.82) is 0 Å². The Morgan fingerprint density at radius 1 is 1.56 bits per heavy atom. The maximum atomic E-state index is 10.9. The maximum Gasteiger partial charge on any atom is 0.153 e. The van der Waals surface area contributed by atoms with E-state index in [4.69, 9.17) is 4.74 Å². The summed E-state index contributed by atoms with van der Waals surface area (Å²) in [5.41, 5.74) is 2.25. The highest BCUT2D eigenvalue weighted by Gasteiger charge is 2.20. The highest BCUT2D eigenvalue weighted by Crippen LogP contribution is 2.28. The molecule has 1 unspecified atom stereocenters. The fourth-order valence-electron chi connectivity index (χ4n) is 2.11. The smallest absolute Gasteiger partial charge is 0.153 e. The van der Waals surface area contributed by atoms with E-state index in [2.05, 4.69) is 4.98 Å². The molecule has 1 atom stereocenters. The van der Waals surface area contributed by atoms with Crippen LogP contribution in [0.5, 0.6) is 0 Å². The Balaban J connectivity index is 2.11. The molecular weight excluding hydrogens is 204 g/mol. The largest absolute Gasteiger partial charge is 0.372 e. The normalized spacial score (nSPS) is 20.4. The predicted octanol–water partition coefficient (Wildman–Crippen LogP) is 2.00. The number of pyridine rings is 1. The van der Waals surface area contributed by atoms with Crippen molar-refractivity contribution in [3.8, 4) is 0 Å². The molecule has 0 amide bonds. The van der Waals surface area contributed by atoms with Gasteiger partial charge in [-0.05, 0) is 25.0 Å². The number of hydrogen-bond acceptors (Lipinski definition) is 3. The Morgan fingerprint density at radius 3 is 3.25 bits per heavy atom. The number of carbonyl (C=O) groups excluding carboxylic acids is 1. The van der Waals surface area contributed by atoms with Gasteiger partial charge in [-0.3, -0.25) is 4.79 Å². The second kappa shape index (κ2) is 3.72. The molecule has 0 saturated carbocycles. The van der Waals surface area contributed by atoms with Gasteiger partial charge in [0.25, 0.3) is 0 Å². The van der Waals surface area contributed by atoms with Crippen LogP contribution in [0, 0.1) is 0 Å². The van der Waals surface area contributed by atoms with E-state index in [9.17, 15) is 4.79 Å². The van der Waals surface area contributed by atoms with E-state index in [-0.39, 0.29) is 6.10 Å². The number of carbonyl (C=O) groups is 1. The molecular formula is C12H12N2O2. The number of hydrogen-bond donors (Lipinski definition) is 0. The van der Waals surface area contributed by atoms with E-state index < -0.39 is 0 Å². The Bertz CT molecular complexity index is 527. The molecule has 0 radical (unpaired) electrons. The van der Waals surface area contributed by atoms with E-state index in [0.717, 1.165) is 31.4 Å². The molecule has 1 aliphatic rings. The molecule has 0 spiro atoms. The first-order valence-electron chi connectivity index (χ1n) is 5.43. The van der Waals surface area contributed by atoms with Crippen LogP contribution in [-0.4, -0.2) is 22.3 Å². The van der Waals surface area contributed by atoms with Crippen LogP contribution in [0.4, 0.5) is 0 Å². The third-order valence-corrected chi connectivity index (χ3v) is 2.92. The fraction of sp³-hybridized carbons (Fsp3) is 0.333. The lowest BCUT2D eigenvalue weighted by Crippen LogP contribution is -1.95. The minimum atomic E-state index is 0.0967. The molecule has 2 aromatic rings. The van der Waals surface area contributed by atoms with Crippen molar-refractivity contribution in [3.05, 3.63) is 35.8 Å². The highest BCUT2D eigenvalue weighted by molar-refractivity contribution is 5.84. The molecule has 1 saturated heterocycles. The van der Waals surface area contributed by atoms with Crippen LogP contribution >= 0.6 is 0 Å². The van der Waals surface area contributed by atoms with Crippen molar-refractivity contribution in [2.24, 2.45) is 0 Å². The molecule has 16 heavy (non-hydrogen) atoms. The van der Waals surface area contributed by atoms with Crippen molar-refractivity contribution in [2.45, 2.75) is 18.9 Å². The summed E-state index contributed by atoms with van der Waals surface area (Å²) in [4.78, 5) is 15.3. The van der Waals surface area contributed by atoms with Crippen molar-refractivity contribution >= 4 is 11.9 Å². The quantitative estimate of drug-likeness (QED) is 0.721. The van der Waals surface area contributed by atoms with E-state index in [1.54, 1.807) is 6.07 Å². The first-order chi connectivity index (χ1) is 7.88. The Kier molecular flexibility index (Phi) is 2.22. The van der Waals surface area contributed by atoms with Crippen LogP contribution in [-0.2, 0) is 4.74 Å².